The molecule has 1 aliphatic carbocycles. The summed E-state index contributed by atoms with van der Waals surface area (Å²) < 4.78 is 0.651. The van der Waals surface area contributed by atoms with Crippen LogP contribution in [0, 0.1) is 5.92 Å². The number of benzene rings is 1. The molecule has 1 amide bonds. The number of halogens is 1. The van der Waals surface area contributed by atoms with E-state index in [2.05, 4.69) is 72.5 Å². The molecule has 1 fully saturated rings. The highest BCUT2D eigenvalue weighted by Gasteiger charge is 2.41. The molecule has 7 heteroatoms. The Hall–Kier alpha value is -2.25. The van der Waals surface area contributed by atoms with Gasteiger partial charge in [0.15, 0.2) is 5.82 Å². The largest absolute Gasteiger partial charge is 0.361 e. The molecule has 6 nitrogen and oxygen atoms in total. The van der Waals surface area contributed by atoms with Crippen LogP contribution in [0.3, 0.4) is 0 Å². The van der Waals surface area contributed by atoms with Gasteiger partial charge in [0.1, 0.15) is 4.60 Å². The van der Waals surface area contributed by atoms with E-state index in [1.807, 2.05) is 0 Å². The van der Waals surface area contributed by atoms with E-state index in [9.17, 15) is 4.79 Å². The Bertz CT molecular complexity index is 1010. The maximum atomic E-state index is 12.9. The summed E-state index contributed by atoms with van der Waals surface area (Å²) in [5, 5.41) is 4.28. The lowest BCUT2D eigenvalue weighted by Crippen LogP contribution is -2.50. The number of likely N-dealkylation sites (tertiary alicyclic amines) is 1. The standard InChI is InChI=1S/C20H20BrN5O/c1-26-10-12(20(27)25-18-9-23-17(21)8-24-18)5-14-13-3-2-4-15-19(13)11(7-22-15)6-16(14)26/h2-4,7-9,12,14,16,22H,5-6,10H2,1H3,(H,24,25,27)/t12-,14?,16-/m1/s1. The maximum Gasteiger partial charge on any atom is 0.229 e. The van der Waals surface area contributed by atoms with Gasteiger partial charge >= 0.3 is 0 Å². The van der Waals surface area contributed by atoms with Crippen LogP contribution >= 0.6 is 15.9 Å². The van der Waals surface area contributed by atoms with Gasteiger partial charge in [0, 0.05) is 35.6 Å². The summed E-state index contributed by atoms with van der Waals surface area (Å²) >= 11 is 3.26. The average molecular weight is 426 g/mol. The van der Waals surface area contributed by atoms with Crippen LogP contribution in [0.25, 0.3) is 10.9 Å². The molecule has 1 saturated heterocycles. The van der Waals surface area contributed by atoms with E-state index in [1.165, 1.54) is 22.0 Å². The quantitative estimate of drug-likeness (QED) is 0.660. The molecule has 5 rings (SSSR count). The van der Waals surface area contributed by atoms with E-state index >= 15 is 0 Å². The maximum absolute atomic E-state index is 12.9. The van der Waals surface area contributed by atoms with E-state index in [1.54, 1.807) is 12.4 Å². The van der Waals surface area contributed by atoms with Crippen LogP contribution < -0.4 is 5.32 Å². The van der Waals surface area contributed by atoms with E-state index in [0.717, 1.165) is 19.4 Å². The van der Waals surface area contributed by atoms with Crippen LogP contribution in [-0.2, 0) is 11.2 Å². The predicted octanol–water partition coefficient (Wildman–Crippen LogP) is 3.32. The summed E-state index contributed by atoms with van der Waals surface area (Å²) in [6.45, 7) is 0.757. The van der Waals surface area contributed by atoms with Crippen molar-refractivity contribution >= 4 is 38.6 Å². The number of nitrogens with one attached hydrogen (secondary N) is 2. The van der Waals surface area contributed by atoms with Gasteiger partial charge in [-0.15, -0.1) is 0 Å². The number of anilines is 1. The number of rotatable bonds is 2. The molecule has 1 aliphatic heterocycles. The minimum atomic E-state index is -0.0718. The number of likely N-dealkylation sites (N-methyl/N-ethyl adjacent to an activating group) is 1. The molecule has 3 aromatic rings. The van der Waals surface area contributed by atoms with Crippen LogP contribution in [0.2, 0.25) is 0 Å². The summed E-state index contributed by atoms with van der Waals surface area (Å²) in [6, 6.07) is 6.91. The van der Waals surface area contributed by atoms with Crippen LogP contribution in [0.5, 0.6) is 0 Å². The summed E-state index contributed by atoms with van der Waals surface area (Å²) in [7, 11) is 2.13. The Morgan fingerprint density at radius 1 is 1.33 bits per heavy atom. The Balaban J connectivity index is 1.42. The van der Waals surface area contributed by atoms with Crippen LogP contribution in [0.1, 0.15) is 23.5 Å². The lowest BCUT2D eigenvalue weighted by Gasteiger charge is -2.45. The van der Waals surface area contributed by atoms with Crippen LogP contribution in [0.15, 0.2) is 41.4 Å². The summed E-state index contributed by atoms with van der Waals surface area (Å²) in [6.07, 6.45) is 7.20. The minimum absolute atomic E-state index is 0.0176. The van der Waals surface area contributed by atoms with E-state index in [0.29, 0.717) is 22.4 Å². The van der Waals surface area contributed by atoms with Crippen LogP contribution in [-0.4, -0.2) is 45.4 Å². The normalized spacial score (nSPS) is 24.6. The topological polar surface area (TPSA) is 73.9 Å². The molecule has 2 aliphatic rings. The Labute approximate surface area is 165 Å². The summed E-state index contributed by atoms with van der Waals surface area (Å²) in [5.41, 5.74) is 3.95. The number of carbonyl (C=O) groups excluding carboxylic acids is 1. The van der Waals surface area contributed by atoms with Gasteiger partial charge in [-0.1, -0.05) is 12.1 Å². The predicted molar refractivity (Wildman–Crippen MR) is 108 cm³/mol. The highest BCUT2D eigenvalue weighted by Crippen LogP contribution is 2.44. The molecule has 1 aromatic carbocycles. The van der Waals surface area contributed by atoms with Crippen molar-refractivity contribution in [2.24, 2.45) is 5.92 Å². The zero-order valence-corrected chi connectivity index (χ0v) is 16.5. The van der Waals surface area contributed by atoms with Crippen molar-refractivity contribution in [3.63, 3.8) is 0 Å². The fourth-order valence-electron chi connectivity index (χ4n) is 4.74. The van der Waals surface area contributed by atoms with Crippen molar-refractivity contribution in [1.82, 2.24) is 19.9 Å². The molecule has 0 radical (unpaired) electrons. The Morgan fingerprint density at radius 3 is 3.04 bits per heavy atom. The number of amides is 1. The fourth-order valence-corrected chi connectivity index (χ4v) is 4.94. The number of nitrogens with zero attached hydrogens (tertiary/aromatic N) is 3. The number of aromatic nitrogens is 3. The number of fused-ring (bicyclic) bond motifs is 2. The van der Waals surface area contributed by atoms with Crippen molar-refractivity contribution in [3.05, 3.63) is 52.5 Å². The molecule has 3 atom stereocenters. The molecule has 0 spiro atoms. The van der Waals surface area contributed by atoms with Gasteiger partial charge in [0.25, 0.3) is 0 Å². The second kappa shape index (κ2) is 6.42. The van der Waals surface area contributed by atoms with E-state index in [-0.39, 0.29) is 11.8 Å². The number of piperidine rings is 1. The molecule has 27 heavy (non-hydrogen) atoms. The van der Waals surface area contributed by atoms with Crippen molar-refractivity contribution in [3.8, 4) is 0 Å². The van der Waals surface area contributed by atoms with Crippen LogP contribution in [0.4, 0.5) is 5.82 Å². The number of hydrogen-bond acceptors (Lipinski definition) is 4. The average Bonchev–Trinajstić information content (AvgIpc) is 3.09. The molecule has 1 unspecified atom stereocenters. The van der Waals surface area contributed by atoms with Gasteiger partial charge in [-0.05, 0) is 53.0 Å². The first-order valence-electron chi connectivity index (χ1n) is 9.17. The van der Waals surface area contributed by atoms with Gasteiger partial charge in [0.05, 0.1) is 18.3 Å². The second-order valence-corrected chi connectivity index (χ2v) is 8.36. The number of hydrogen-bond donors (Lipinski definition) is 2. The van der Waals surface area contributed by atoms with E-state index in [4.69, 9.17) is 0 Å². The van der Waals surface area contributed by atoms with Gasteiger partial charge in [-0.25, -0.2) is 9.97 Å². The SMILES string of the molecule is CN1C[C@H](C(=O)Nc2cnc(Br)cn2)CC2c3cccc4[nH]cc(c34)C[C@H]21. The third kappa shape index (κ3) is 2.85. The first kappa shape index (κ1) is 16.9. The van der Waals surface area contributed by atoms with Crippen molar-refractivity contribution in [1.29, 1.82) is 0 Å². The monoisotopic (exact) mass is 425 g/mol. The van der Waals surface area contributed by atoms with Gasteiger partial charge in [-0.2, -0.15) is 0 Å². The highest BCUT2D eigenvalue weighted by atomic mass is 79.9. The minimum Gasteiger partial charge on any atom is -0.361 e. The Morgan fingerprint density at radius 2 is 2.22 bits per heavy atom. The molecule has 3 heterocycles. The number of aromatic amines is 1. The first-order chi connectivity index (χ1) is 13.1. The zero-order chi connectivity index (χ0) is 18.5. The fraction of sp³-hybridized carbons (Fsp3) is 0.350. The summed E-state index contributed by atoms with van der Waals surface area (Å²) in [5.74, 6) is 0.801. The Kier molecular flexibility index (Phi) is 4.02. The molecular weight excluding hydrogens is 406 g/mol. The number of carbonyl (C=O) groups is 1. The zero-order valence-electron chi connectivity index (χ0n) is 14.9. The van der Waals surface area contributed by atoms with Crippen molar-refractivity contribution in [2.45, 2.75) is 24.8 Å². The second-order valence-electron chi connectivity index (χ2n) is 7.55. The van der Waals surface area contributed by atoms with Gasteiger partial charge < -0.3 is 15.2 Å². The van der Waals surface area contributed by atoms with Crippen molar-refractivity contribution < 1.29 is 4.79 Å². The smallest absolute Gasteiger partial charge is 0.229 e. The third-order valence-corrected chi connectivity index (χ3v) is 6.38. The van der Waals surface area contributed by atoms with Gasteiger partial charge in [0.2, 0.25) is 5.91 Å². The molecular formula is C20H20BrN5O. The number of H-pyrrole nitrogens is 1. The van der Waals surface area contributed by atoms with Crippen molar-refractivity contribution in [2.75, 3.05) is 18.9 Å². The molecule has 0 saturated carbocycles. The van der Waals surface area contributed by atoms with Gasteiger partial charge in [-0.3, -0.25) is 4.79 Å². The first-order valence-corrected chi connectivity index (χ1v) is 9.97. The molecule has 2 N–H and O–H groups in total. The summed E-state index contributed by atoms with van der Waals surface area (Å²) in [4.78, 5) is 27.0. The lowest BCUT2D eigenvalue weighted by molar-refractivity contribution is -0.122. The molecule has 2 aromatic heterocycles. The lowest BCUT2D eigenvalue weighted by atomic mass is 9.72. The molecule has 0 bridgehead atoms. The highest BCUT2D eigenvalue weighted by molar-refractivity contribution is 9.10. The third-order valence-electron chi connectivity index (χ3n) is 5.97. The van der Waals surface area contributed by atoms with E-state index < -0.39 is 0 Å². The molecule has 138 valence electrons.